The van der Waals surface area contributed by atoms with Crippen molar-refractivity contribution in [1.82, 2.24) is 0 Å². The van der Waals surface area contributed by atoms with Crippen LogP contribution in [-0.4, -0.2) is 0 Å². The van der Waals surface area contributed by atoms with Crippen molar-refractivity contribution in [1.29, 1.82) is 0 Å². The van der Waals surface area contributed by atoms with Crippen LogP contribution in [0.2, 0.25) is 5.02 Å². The highest BCUT2D eigenvalue weighted by molar-refractivity contribution is 7.26. The quantitative estimate of drug-likeness (QED) is 0.180. The van der Waals surface area contributed by atoms with E-state index in [1.807, 2.05) is 23.5 Å². The maximum atomic E-state index is 6.35. The zero-order valence-electron chi connectivity index (χ0n) is 23.1. The molecule has 0 radical (unpaired) electrons. The van der Waals surface area contributed by atoms with Gasteiger partial charge >= 0.3 is 0 Å². The molecule has 1 aromatic heterocycles. The number of halogens is 1. The monoisotopic (exact) mass is 582 g/mol. The van der Waals surface area contributed by atoms with Crippen LogP contribution in [0.4, 0.5) is 0 Å². The Balaban J connectivity index is 1.37. The minimum Gasteiger partial charge on any atom is -0.135 e. The van der Waals surface area contributed by atoms with E-state index in [2.05, 4.69) is 127 Å². The van der Waals surface area contributed by atoms with Gasteiger partial charge in [-0.2, -0.15) is 0 Å². The third-order valence-electron chi connectivity index (χ3n) is 9.73. The van der Waals surface area contributed by atoms with E-state index < -0.39 is 5.41 Å². The van der Waals surface area contributed by atoms with Crippen molar-refractivity contribution in [3.63, 3.8) is 0 Å². The van der Waals surface area contributed by atoms with Gasteiger partial charge in [-0.05, 0) is 85.1 Å². The van der Waals surface area contributed by atoms with Gasteiger partial charge in [0.25, 0.3) is 0 Å². The molecule has 2 heteroatoms. The zero-order chi connectivity index (χ0) is 28.3. The van der Waals surface area contributed by atoms with E-state index in [4.69, 9.17) is 11.6 Å². The largest absolute Gasteiger partial charge is 0.135 e. The summed E-state index contributed by atoms with van der Waals surface area (Å²) in [4.78, 5) is 0. The van der Waals surface area contributed by atoms with E-state index in [0.717, 1.165) is 10.4 Å². The number of thiophene rings is 1. The van der Waals surface area contributed by atoms with Crippen LogP contribution in [-0.2, 0) is 5.41 Å². The lowest BCUT2D eigenvalue weighted by Crippen LogP contribution is -2.26. The van der Waals surface area contributed by atoms with Crippen LogP contribution in [0.15, 0.2) is 140 Å². The minimum absolute atomic E-state index is 0.409. The second-order valence-corrected chi connectivity index (χ2v) is 13.2. The minimum atomic E-state index is -0.409. The van der Waals surface area contributed by atoms with Gasteiger partial charge in [0.05, 0.1) is 5.41 Å². The third-order valence-corrected chi connectivity index (χ3v) is 11.2. The summed E-state index contributed by atoms with van der Waals surface area (Å²) >= 11 is 8.28. The first-order chi connectivity index (χ1) is 21.2. The third kappa shape index (κ3) is 2.96. The molecule has 0 bridgehead atoms. The van der Waals surface area contributed by atoms with Crippen LogP contribution in [0.5, 0.6) is 0 Å². The molecule has 0 N–H and O–H groups in total. The van der Waals surface area contributed by atoms with Crippen molar-refractivity contribution >= 4 is 53.9 Å². The van der Waals surface area contributed by atoms with E-state index >= 15 is 0 Å². The Kier molecular flexibility index (Phi) is 4.68. The molecule has 200 valence electrons. The lowest BCUT2D eigenvalue weighted by atomic mass is 9.68. The Hall–Kier alpha value is -4.69. The normalized spacial score (nSPS) is 16.1. The molecule has 0 nitrogen and oxygen atoms in total. The predicted molar refractivity (Wildman–Crippen MR) is 184 cm³/mol. The van der Waals surface area contributed by atoms with Gasteiger partial charge in [0, 0.05) is 30.8 Å². The average Bonchev–Trinajstić information content (AvgIpc) is 3.68. The van der Waals surface area contributed by atoms with Gasteiger partial charge in [-0.15, -0.1) is 11.3 Å². The second kappa shape index (κ2) is 8.45. The summed E-state index contributed by atoms with van der Waals surface area (Å²) in [6.07, 6.45) is 0. The van der Waals surface area contributed by atoms with E-state index in [1.54, 1.807) is 0 Å². The van der Waals surface area contributed by atoms with Gasteiger partial charge in [-0.3, -0.25) is 0 Å². The number of rotatable bonds is 1. The number of hydrogen-bond donors (Lipinski definition) is 0. The summed E-state index contributed by atoms with van der Waals surface area (Å²) < 4.78 is 2.72. The van der Waals surface area contributed by atoms with Crippen LogP contribution in [0.25, 0.3) is 64.3 Å². The molecule has 8 aromatic rings. The van der Waals surface area contributed by atoms with Crippen LogP contribution in [0, 0.1) is 0 Å². The number of benzene rings is 7. The van der Waals surface area contributed by atoms with Crippen LogP contribution < -0.4 is 0 Å². The first-order valence-electron chi connectivity index (χ1n) is 14.7. The highest BCUT2D eigenvalue weighted by Crippen LogP contribution is 2.66. The Labute approximate surface area is 258 Å². The molecule has 0 amide bonds. The lowest BCUT2D eigenvalue weighted by Gasteiger charge is -2.32. The van der Waals surface area contributed by atoms with Crippen molar-refractivity contribution in [3.8, 4) is 33.4 Å². The molecule has 1 atom stereocenters. The number of hydrogen-bond acceptors (Lipinski definition) is 1. The molecule has 0 saturated carbocycles. The second-order valence-electron chi connectivity index (χ2n) is 11.7. The van der Waals surface area contributed by atoms with Gasteiger partial charge in [0.1, 0.15) is 0 Å². The molecule has 7 aromatic carbocycles. The molecule has 2 aliphatic rings. The van der Waals surface area contributed by atoms with Crippen molar-refractivity contribution < 1.29 is 0 Å². The summed E-state index contributed by atoms with van der Waals surface area (Å²) in [5, 5.41) is 5.81. The maximum absolute atomic E-state index is 6.35. The van der Waals surface area contributed by atoms with E-state index in [-0.39, 0.29) is 0 Å². The Morgan fingerprint density at radius 3 is 2.09 bits per heavy atom. The maximum Gasteiger partial charge on any atom is 0.0732 e. The fourth-order valence-electron chi connectivity index (χ4n) is 8.09. The van der Waals surface area contributed by atoms with E-state index in [9.17, 15) is 0 Å². The summed E-state index contributed by atoms with van der Waals surface area (Å²) in [5.41, 5.74) is 13.0. The summed E-state index contributed by atoms with van der Waals surface area (Å²) in [5.74, 6) is 0. The van der Waals surface area contributed by atoms with Crippen LogP contribution >= 0.6 is 22.9 Å². The van der Waals surface area contributed by atoms with Crippen LogP contribution in [0.1, 0.15) is 22.3 Å². The van der Waals surface area contributed by atoms with Gasteiger partial charge in [-0.1, -0.05) is 127 Å². The molecule has 0 fully saturated rings. The van der Waals surface area contributed by atoms with E-state index in [0.29, 0.717) is 0 Å². The SMILES string of the molecule is Clc1ccc2cc(-c3cccc4c3C3(c5ccccc5-4)c4ccccc4-c4c3ccc3c4sc4ccccc43)ccc2c1. The van der Waals surface area contributed by atoms with Crippen LogP contribution in [0.3, 0.4) is 0 Å². The Morgan fingerprint density at radius 2 is 1.19 bits per heavy atom. The highest BCUT2D eigenvalue weighted by Gasteiger charge is 2.53. The molecular weight excluding hydrogens is 560 g/mol. The smallest absolute Gasteiger partial charge is 0.0732 e. The Morgan fingerprint density at radius 1 is 0.488 bits per heavy atom. The number of fused-ring (bicyclic) bond motifs is 15. The average molecular weight is 583 g/mol. The first-order valence-corrected chi connectivity index (χ1v) is 15.9. The van der Waals surface area contributed by atoms with Crippen molar-refractivity contribution in [3.05, 3.63) is 167 Å². The summed E-state index contributed by atoms with van der Waals surface area (Å²) in [6.45, 7) is 0. The molecule has 43 heavy (non-hydrogen) atoms. The van der Waals surface area contributed by atoms with Gasteiger partial charge < -0.3 is 0 Å². The standard InChI is InChI=1S/C41H23ClS/c42-27-19-18-24-22-26(17-16-25(24)23-27)28-11-7-12-31-29-8-1-4-13-34(29)41(39(28)31)35-14-5-2-10-33(35)38-36(41)21-20-32-30-9-3-6-15-37(30)43-40(32)38/h1-23H. The molecule has 0 aliphatic heterocycles. The van der Waals surface area contributed by atoms with Gasteiger partial charge in [0.2, 0.25) is 0 Å². The molecule has 0 saturated heterocycles. The van der Waals surface area contributed by atoms with Crippen molar-refractivity contribution in [2.45, 2.75) is 5.41 Å². The fourth-order valence-corrected chi connectivity index (χ4v) is 9.53. The summed E-state index contributed by atoms with van der Waals surface area (Å²) in [7, 11) is 0. The van der Waals surface area contributed by atoms with Crippen molar-refractivity contribution in [2.75, 3.05) is 0 Å². The van der Waals surface area contributed by atoms with Gasteiger partial charge in [-0.25, -0.2) is 0 Å². The topological polar surface area (TPSA) is 0 Å². The molecule has 1 spiro atoms. The molecule has 1 unspecified atom stereocenters. The van der Waals surface area contributed by atoms with Crippen molar-refractivity contribution in [2.24, 2.45) is 0 Å². The zero-order valence-corrected chi connectivity index (χ0v) is 24.6. The first kappa shape index (κ1) is 23.8. The Bertz CT molecular complexity index is 2480. The molecular formula is C41H23ClS. The molecule has 2 aliphatic carbocycles. The van der Waals surface area contributed by atoms with E-state index in [1.165, 1.54) is 81.2 Å². The fraction of sp³-hybridized carbons (Fsp3) is 0.0244. The lowest BCUT2D eigenvalue weighted by molar-refractivity contribution is 0.796. The highest BCUT2D eigenvalue weighted by atomic mass is 35.5. The molecule has 1 heterocycles. The predicted octanol–water partition coefficient (Wildman–Crippen LogP) is 11.9. The van der Waals surface area contributed by atoms with Gasteiger partial charge in [0.15, 0.2) is 0 Å². The molecule has 10 rings (SSSR count). The summed E-state index contributed by atoms with van der Waals surface area (Å²) in [6, 6.07) is 51.7.